The normalized spacial score (nSPS) is 15.0. The average Bonchev–Trinajstić information content (AvgIpc) is 3.32. The highest BCUT2D eigenvalue weighted by atomic mass is 16.2. The number of amides is 2. The van der Waals surface area contributed by atoms with Crippen LogP contribution in [-0.4, -0.2) is 86.0 Å². The molecule has 1 fully saturated rings. The van der Waals surface area contributed by atoms with Crippen LogP contribution in [0.15, 0.2) is 36.5 Å². The molecule has 0 bridgehead atoms. The Labute approximate surface area is 210 Å². The second kappa shape index (κ2) is 10.4. The van der Waals surface area contributed by atoms with Crippen LogP contribution in [0, 0.1) is 16.7 Å². The molecule has 0 spiro atoms. The Morgan fingerprint density at radius 3 is 2.42 bits per heavy atom. The third-order valence-electron chi connectivity index (χ3n) is 5.88. The lowest BCUT2D eigenvalue weighted by Crippen LogP contribution is -2.50. The van der Waals surface area contributed by atoms with Crippen molar-refractivity contribution in [2.75, 3.05) is 39.8 Å². The summed E-state index contributed by atoms with van der Waals surface area (Å²) in [5.41, 5.74) is 4.29. The molecule has 2 amide bonds. The Kier molecular flexibility index (Phi) is 7.28. The van der Waals surface area contributed by atoms with E-state index in [0.717, 1.165) is 38.3 Å². The van der Waals surface area contributed by atoms with Gasteiger partial charge in [0, 0.05) is 50.9 Å². The highest BCUT2D eigenvalue weighted by Gasteiger charge is 2.28. The van der Waals surface area contributed by atoms with Crippen LogP contribution in [0.4, 0.5) is 0 Å². The zero-order valence-electron chi connectivity index (χ0n) is 21.1. The SMILES string of the molecule is CN1CCN(Cc2ccc(C(=O)NN(CC(C)(C)C)C(=O)c3nc(C#N)nc4ccnn34)cc2)CC1. The summed E-state index contributed by atoms with van der Waals surface area (Å²) in [6.45, 7) is 11.0. The number of hydrogen-bond acceptors (Lipinski definition) is 8. The molecule has 36 heavy (non-hydrogen) atoms. The summed E-state index contributed by atoms with van der Waals surface area (Å²) in [7, 11) is 2.13. The van der Waals surface area contributed by atoms with Crippen LogP contribution in [-0.2, 0) is 6.54 Å². The van der Waals surface area contributed by atoms with Gasteiger partial charge in [-0.3, -0.25) is 19.9 Å². The molecule has 1 N–H and O–H groups in total. The average molecular weight is 490 g/mol. The van der Waals surface area contributed by atoms with E-state index in [4.69, 9.17) is 0 Å². The minimum Gasteiger partial charge on any atom is -0.304 e. The van der Waals surface area contributed by atoms with Gasteiger partial charge in [0.05, 0.1) is 6.20 Å². The van der Waals surface area contributed by atoms with Crippen LogP contribution in [0.1, 0.15) is 53.1 Å². The smallest absolute Gasteiger partial charge is 0.304 e. The van der Waals surface area contributed by atoms with Gasteiger partial charge in [0.25, 0.3) is 5.91 Å². The summed E-state index contributed by atoms with van der Waals surface area (Å²) in [6, 6.07) is 10.9. The number of rotatable bonds is 5. The predicted molar refractivity (Wildman–Crippen MR) is 133 cm³/mol. The molecule has 4 rings (SSSR count). The monoisotopic (exact) mass is 489 g/mol. The molecular formula is C25H31N9O2. The highest BCUT2D eigenvalue weighted by molar-refractivity contribution is 5.98. The Morgan fingerprint density at radius 1 is 1.08 bits per heavy atom. The number of hydrazine groups is 1. The van der Waals surface area contributed by atoms with E-state index in [2.05, 4.69) is 37.3 Å². The number of nitrogens with one attached hydrogen (secondary N) is 1. The Morgan fingerprint density at radius 2 is 1.78 bits per heavy atom. The number of fused-ring (bicyclic) bond motifs is 1. The van der Waals surface area contributed by atoms with Crippen molar-refractivity contribution in [1.29, 1.82) is 5.26 Å². The fourth-order valence-corrected chi connectivity index (χ4v) is 3.98. The van der Waals surface area contributed by atoms with E-state index >= 15 is 0 Å². The second-order valence-corrected chi connectivity index (χ2v) is 10.3. The van der Waals surface area contributed by atoms with E-state index in [1.807, 2.05) is 39.0 Å². The maximum atomic E-state index is 13.5. The first-order chi connectivity index (χ1) is 17.1. The molecule has 0 unspecified atom stereocenters. The van der Waals surface area contributed by atoms with Crippen molar-refractivity contribution < 1.29 is 9.59 Å². The van der Waals surface area contributed by atoms with Gasteiger partial charge in [0.15, 0.2) is 5.65 Å². The molecular weight excluding hydrogens is 458 g/mol. The summed E-state index contributed by atoms with van der Waals surface area (Å²) in [5.74, 6) is -1.25. The van der Waals surface area contributed by atoms with Gasteiger partial charge < -0.3 is 4.90 Å². The van der Waals surface area contributed by atoms with Crippen molar-refractivity contribution >= 4 is 17.5 Å². The molecule has 1 saturated heterocycles. The quantitative estimate of drug-likeness (QED) is 0.536. The number of carbonyl (C=O) groups is 2. The number of carbonyl (C=O) groups excluding carboxylic acids is 2. The highest BCUT2D eigenvalue weighted by Crippen LogP contribution is 2.17. The third-order valence-corrected chi connectivity index (χ3v) is 5.88. The van der Waals surface area contributed by atoms with Crippen LogP contribution >= 0.6 is 0 Å². The van der Waals surface area contributed by atoms with E-state index in [9.17, 15) is 14.9 Å². The molecule has 1 aliphatic heterocycles. The number of piperazine rings is 1. The lowest BCUT2D eigenvalue weighted by molar-refractivity contribution is 0.0496. The van der Waals surface area contributed by atoms with Gasteiger partial charge in [-0.25, -0.2) is 5.01 Å². The lowest BCUT2D eigenvalue weighted by Gasteiger charge is -2.32. The molecule has 11 nitrogen and oxygen atoms in total. The maximum Gasteiger partial charge on any atom is 0.310 e. The van der Waals surface area contributed by atoms with Crippen LogP contribution in [0.25, 0.3) is 5.65 Å². The fourth-order valence-electron chi connectivity index (χ4n) is 3.98. The fraction of sp³-hybridized carbons (Fsp3) is 0.440. The Hall–Kier alpha value is -3.88. The molecule has 1 aliphatic rings. The predicted octanol–water partition coefficient (Wildman–Crippen LogP) is 1.58. The first-order valence-corrected chi connectivity index (χ1v) is 11.9. The van der Waals surface area contributed by atoms with Gasteiger partial charge in [-0.1, -0.05) is 32.9 Å². The lowest BCUT2D eigenvalue weighted by atomic mass is 9.96. The van der Waals surface area contributed by atoms with E-state index in [0.29, 0.717) is 11.2 Å². The third kappa shape index (κ3) is 6.02. The molecule has 0 aliphatic carbocycles. The van der Waals surface area contributed by atoms with Crippen molar-refractivity contribution in [1.82, 2.24) is 39.8 Å². The number of aromatic nitrogens is 4. The molecule has 1 aromatic carbocycles. The number of nitrogens with zero attached hydrogens (tertiary/aromatic N) is 8. The van der Waals surface area contributed by atoms with Crippen molar-refractivity contribution in [3.8, 4) is 6.07 Å². The molecule has 11 heteroatoms. The molecule has 2 aromatic heterocycles. The van der Waals surface area contributed by atoms with Crippen molar-refractivity contribution in [2.45, 2.75) is 27.3 Å². The maximum absolute atomic E-state index is 13.5. The zero-order chi connectivity index (χ0) is 25.9. The molecule has 0 saturated carbocycles. The molecule has 3 aromatic rings. The Bertz CT molecular complexity index is 1280. The van der Waals surface area contributed by atoms with Gasteiger partial charge in [-0.05, 0) is 30.2 Å². The van der Waals surface area contributed by atoms with Gasteiger partial charge in [0.2, 0.25) is 11.6 Å². The van der Waals surface area contributed by atoms with Gasteiger partial charge in [-0.2, -0.15) is 24.8 Å². The summed E-state index contributed by atoms with van der Waals surface area (Å²) in [4.78, 5) is 39.5. The van der Waals surface area contributed by atoms with Crippen LogP contribution in [0.3, 0.4) is 0 Å². The van der Waals surface area contributed by atoms with E-state index in [1.165, 1.54) is 15.7 Å². The number of benzene rings is 1. The van der Waals surface area contributed by atoms with Gasteiger partial charge in [-0.15, -0.1) is 0 Å². The molecule has 188 valence electrons. The van der Waals surface area contributed by atoms with Crippen LogP contribution < -0.4 is 5.43 Å². The molecule has 3 heterocycles. The number of likely N-dealkylation sites (N-methyl/N-ethyl adjacent to an activating group) is 1. The number of hydrogen-bond donors (Lipinski definition) is 1. The topological polar surface area (TPSA) is 123 Å². The van der Waals surface area contributed by atoms with Crippen molar-refractivity contribution in [3.63, 3.8) is 0 Å². The zero-order valence-corrected chi connectivity index (χ0v) is 21.1. The standard InChI is InChI=1S/C25H31N9O2/c1-25(2,3)17-33(24(36)22-29-20(15-26)28-21-9-10-27-34(21)22)30-23(35)19-7-5-18(6-8-19)16-32-13-11-31(4)12-14-32/h5-10H,11-14,16-17H2,1-4H3,(H,30,35). The van der Waals surface area contributed by atoms with E-state index < -0.39 is 11.8 Å². The largest absolute Gasteiger partial charge is 0.310 e. The van der Waals surface area contributed by atoms with Crippen molar-refractivity contribution in [3.05, 3.63) is 59.3 Å². The van der Waals surface area contributed by atoms with Crippen LogP contribution in [0.2, 0.25) is 0 Å². The minimum atomic E-state index is -0.586. The van der Waals surface area contributed by atoms with E-state index in [1.54, 1.807) is 18.2 Å². The summed E-state index contributed by atoms with van der Waals surface area (Å²) in [6.07, 6.45) is 1.47. The van der Waals surface area contributed by atoms with E-state index in [-0.39, 0.29) is 23.6 Å². The summed E-state index contributed by atoms with van der Waals surface area (Å²) >= 11 is 0. The number of nitriles is 1. The van der Waals surface area contributed by atoms with Gasteiger partial charge in [0.1, 0.15) is 6.07 Å². The summed E-state index contributed by atoms with van der Waals surface area (Å²) < 4.78 is 1.26. The minimum absolute atomic E-state index is 0.103. The molecule has 0 radical (unpaired) electrons. The first kappa shape index (κ1) is 25.2. The second-order valence-electron chi connectivity index (χ2n) is 10.3. The Balaban J connectivity index is 1.52. The first-order valence-electron chi connectivity index (χ1n) is 11.9. The summed E-state index contributed by atoms with van der Waals surface area (Å²) in [5, 5.41) is 14.6. The van der Waals surface area contributed by atoms with Crippen molar-refractivity contribution in [2.24, 2.45) is 5.41 Å². The van der Waals surface area contributed by atoms with Gasteiger partial charge >= 0.3 is 5.91 Å². The van der Waals surface area contributed by atoms with Crippen LogP contribution in [0.5, 0.6) is 0 Å². The molecule has 0 atom stereocenters.